The van der Waals surface area contributed by atoms with Gasteiger partial charge in [0.1, 0.15) is 11.5 Å². The molecule has 4 heteroatoms. The molecule has 0 fully saturated rings. The molecule has 1 atom stereocenters. The second kappa shape index (κ2) is 5.72. The normalized spacial score (nSPS) is 15.5. The van der Waals surface area contributed by atoms with Crippen LogP contribution in [0.5, 0.6) is 11.5 Å². The van der Waals surface area contributed by atoms with Gasteiger partial charge in [0.2, 0.25) is 0 Å². The fourth-order valence-electron chi connectivity index (χ4n) is 3.06. The van der Waals surface area contributed by atoms with Gasteiger partial charge in [0.05, 0.1) is 0 Å². The van der Waals surface area contributed by atoms with Gasteiger partial charge in [0.15, 0.2) is 0 Å². The van der Waals surface area contributed by atoms with Crippen molar-refractivity contribution in [2.24, 2.45) is 0 Å². The fraction of sp³-hybridized carbons (Fsp3) is 0.278. The molecule has 1 unspecified atom stereocenters. The van der Waals surface area contributed by atoms with Crippen LogP contribution in [0.2, 0.25) is 0 Å². The Morgan fingerprint density at radius 2 is 1.86 bits per heavy atom. The summed E-state index contributed by atoms with van der Waals surface area (Å²) in [6.07, 6.45) is 0.702. The lowest BCUT2D eigenvalue weighted by atomic mass is 9.83. The van der Waals surface area contributed by atoms with Gasteiger partial charge in [-0.15, -0.1) is 0 Å². The minimum atomic E-state index is -0.771. The van der Waals surface area contributed by atoms with E-state index in [0.29, 0.717) is 6.42 Å². The molecular weight excluding hydrogens is 278 g/mol. The molecule has 4 nitrogen and oxygen atoms in total. The van der Waals surface area contributed by atoms with Crippen molar-refractivity contribution in [3.8, 4) is 11.5 Å². The number of carbonyl (C=O) groups is 1. The number of anilines is 1. The Morgan fingerprint density at radius 1 is 1.14 bits per heavy atom. The lowest BCUT2D eigenvalue weighted by molar-refractivity contribution is -0.137. The molecule has 1 heterocycles. The third kappa shape index (κ3) is 2.52. The SMILES string of the molecule is CN(C)c1cccc2c1C(CCC(=O)O)c1ccccc1O2. The van der Waals surface area contributed by atoms with Gasteiger partial charge in [0.25, 0.3) is 0 Å². The summed E-state index contributed by atoms with van der Waals surface area (Å²) in [7, 11) is 3.98. The average Bonchev–Trinajstić information content (AvgIpc) is 2.50. The standard InChI is InChI=1S/C18H19NO3/c1-19(2)14-7-5-9-16-18(14)13(10-11-17(20)21)12-6-3-4-8-15(12)22-16/h3-9,13H,10-11H2,1-2H3,(H,20,21). The number of carboxylic acid groups (broad SMARTS) is 1. The van der Waals surface area contributed by atoms with E-state index in [-0.39, 0.29) is 12.3 Å². The first-order valence-corrected chi connectivity index (χ1v) is 7.36. The minimum absolute atomic E-state index is 0.0367. The maximum atomic E-state index is 11.0. The Labute approximate surface area is 130 Å². The number of hydrogen-bond donors (Lipinski definition) is 1. The highest BCUT2D eigenvalue weighted by Gasteiger charge is 2.30. The lowest BCUT2D eigenvalue weighted by Gasteiger charge is -2.31. The van der Waals surface area contributed by atoms with Crippen LogP contribution in [0.15, 0.2) is 42.5 Å². The van der Waals surface area contributed by atoms with Crippen molar-refractivity contribution in [1.82, 2.24) is 0 Å². The highest BCUT2D eigenvalue weighted by molar-refractivity contribution is 5.69. The van der Waals surface area contributed by atoms with Crippen molar-refractivity contribution >= 4 is 11.7 Å². The molecule has 0 aromatic heterocycles. The van der Waals surface area contributed by atoms with E-state index >= 15 is 0 Å². The molecule has 0 radical (unpaired) electrons. The number of hydrogen-bond acceptors (Lipinski definition) is 3. The maximum absolute atomic E-state index is 11.0. The van der Waals surface area contributed by atoms with Crippen molar-refractivity contribution in [1.29, 1.82) is 0 Å². The molecule has 3 rings (SSSR count). The number of ether oxygens (including phenoxy) is 1. The number of nitrogens with zero attached hydrogens (tertiary/aromatic N) is 1. The van der Waals surface area contributed by atoms with E-state index in [1.54, 1.807) is 0 Å². The summed E-state index contributed by atoms with van der Waals surface area (Å²) in [4.78, 5) is 13.1. The van der Waals surface area contributed by atoms with E-state index in [0.717, 1.165) is 28.3 Å². The van der Waals surface area contributed by atoms with E-state index < -0.39 is 5.97 Å². The monoisotopic (exact) mass is 297 g/mol. The highest BCUT2D eigenvalue weighted by atomic mass is 16.5. The van der Waals surface area contributed by atoms with Crippen LogP contribution in [-0.2, 0) is 4.79 Å². The summed E-state index contributed by atoms with van der Waals surface area (Å²) in [5, 5.41) is 9.08. The minimum Gasteiger partial charge on any atom is -0.481 e. The summed E-state index contributed by atoms with van der Waals surface area (Å²) < 4.78 is 6.03. The lowest BCUT2D eigenvalue weighted by Crippen LogP contribution is -2.18. The summed E-state index contributed by atoms with van der Waals surface area (Å²) in [6, 6.07) is 13.8. The van der Waals surface area contributed by atoms with Gasteiger partial charge in [-0.3, -0.25) is 4.79 Å². The maximum Gasteiger partial charge on any atom is 0.303 e. The summed E-state index contributed by atoms with van der Waals surface area (Å²) in [5.74, 6) is 0.907. The number of aliphatic carboxylic acids is 1. The van der Waals surface area contributed by atoms with Crippen LogP contribution < -0.4 is 9.64 Å². The first kappa shape index (κ1) is 14.4. The van der Waals surface area contributed by atoms with Gasteiger partial charge < -0.3 is 14.7 Å². The Morgan fingerprint density at radius 3 is 2.59 bits per heavy atom. The predicted octanol–water partition coefficient (Wildman–Crippen LogP) is 3.86. The smallest absolute Gasteiger partial charge is 0.303 e. The second-order valence-corrected chi connectivity index (χ2v) is 5.71. The first-order valence-electron chi connectivity index (χ1n) is 7.36. The van der Waals surface area contributed by atoms with E-state index in [2.05, 4.69) is 0 Å². The van der Waals surface area contributed by atoms with E-state index in [1.165, 1.54) is 0 Å². The Hall–Kier alpha value is -2.49. The second-order valence-electron chi connectivity index (χ2n) is 5.71. The first-order chi connectivity index (χ1) is 10.6. The molecule has 0 spiro atoms. The number of fused-ring (bicyclic) bond motifs is 2. The van der Waals surface area contributed by atoms with E-state index in [4.69, 9.17) is 9.84 Å². The molecule has 22 heavy (non-hydrogen) atoms. The fourth-order valence-corrected chi connectivity index (χ4v) is 3.06. The van der Waals surface area contributed by atoms with Crippen LogP contribution in [0.25, 0.3) is 0 Å². The molecule has 0 aliphatic carbocycles. The van der Waals surface area contributed by atoms with Gasteiger partial charge in [0, 0.05) is 43.2 Å². The molecule has 1 aliphatic heterocycles. The van der Waals surface area contributed by atoms with Crippen molar-refractivity contribution in [2.75, 3.05) is 19.0 Å². The van der Waals surface area contributed by atoms with Crippen LogP contribution in [0.4, 0.5) is 5.69 Å². The molecule has 0 bridgehead atoms. The third-order valence-electron chi connectivity index (χ3n) is 4.03. The number of benzene rings is 2. The molecule has 2 aromatic rings. The largest absolute Gasteiger partial charge is 0.481 e. The zero-order valence-corrected chi connectivity index (χ0v) is 12.7. The number of para-hydroxylation sites is 1. The molecule has 0 saturated carbocycles. The predicted molar refractivity (Wildman–Crippen MR) is 86.0 cm³/mol. The van der Waals surface area contributed by atoms with Crippen molar-refractivity contribution < 1.29 is 14.6 Å². The molecule has 0 amide bonds. The molecule has 0 saturated heterocycles. The van der Waals surface area contributed by atoms with Crippen LogP contribution in [-0.4, -0.2) is 25.2 Å². The van der Waals surface area contributed by atoms with Crippen molar-refractivity contribution in [2.45, 2.75) is 18.8 Å². The molecule has 114 valence electrons. The molecular formula is C18H19NO3. The zero-order chi connectivity index (χ0) is 15.7. The Bertz CT molecular complexity index is 709. The summed E-state index contributed by atoms with van der Waals surface area (Å²) in [5.41, 5.74) is 3.21. The van der Waals surface area contributed by atoms with Crippen LogP contribution in [0.1, 0.15) is 29.9 Å². The zero-order valence-electron chi connectivity index (χ0n) is 12.7. The van der Waals surface area contributed by atoms with Gasteiger partial charge in [-0.1, -0.05) is 24.3 Å². The topological polar surface area (TPSA) is 49.8 Å². The molecule has 2 aromatic carbocycles. The van der Waals surface area contributed by atoms with Gasteiger partial charge in [-0.25, -0.2) is 0 Å². The third-order valence-corrected chi connectivity index (χ3v) is 4.03. The average molecular weight is 297 g/mol. The number of rotatable bonds is 4. The highest BCUT2D eigenvalue weighted by Crippen LogP contribution is 2.49. The van der Waals surface area contributed by atoms with Crippen LogP contribution in [0, 0.1) is 0 Å². The molecule has 1 N–H and O–H groups in total. The van der Waals surface area contributed by atoms with E-state index in [1.807, 2.05) is 61.5 Å². The van der Waals surface area contributed by atoms with Gasteiger partial charge in [-0.05, 0) is 24.6 Å². The van der Waals surface area contributed by atoms with Gasteiger partial charge >= 0.3 is 5.97 Å². The molecule has 1 aliphatic rings. The Balaban J connectivity index is 2.12. The van der Waals surface area contributed by atoms with Crippen molar-refractivity contribution in [3.63, 3.8) is 0 Å². The van der Waals surface area contributed by atoms with Crippen molar-refractivity contribution in [3.05, 3.63) is 53.6 Å². The summed E-state index contributed by atoms with van der Waals surface area (Å²) >= 11 is 0. The van der Waals surface area contributed by atoms with Crippen LogP contribution >= 0.6 is 0 Å². The van der Waals surface area contributed by atoms with Gasteiger partial charge in [-0.2, -0.15) is 0 Å². The summed E-state index contributed by atoms with van der Waals surface area (Å²) in [6.45, 7) is 0. The van der Waals surface area contributed by atoms with Crippen LogP contribution in [0.3, 0.4) is 0 Å². The Kier molecular flexibility index (Phi) is 3.75. The van der Waals surface area contributed by atoms with E-state index in [9.17, 15) is 4.79 Å². The number of carboxylic acids is 1. The quantitative estimate of drug-likeness (QED) is 0.931.